The van der Waals surface area contributed by atoms with E-state index in [1.807, 2.05) is 30.5 Å². The van der Waals surface area contributed by atoms with Crippen molar-refractivity contribution in [2.24, 2.45) is 4.99 Å². The Hall–Kier alpha value is -3.65. The van der Waals surface area contributed by atoms with E-state index in [0.717, 1.165) is 28.5 Å². The van der Waals surface area contributed by atoms with Crippen LogP contribution in [0.1, 0.15) is 37.8 Å². The number of rotatable bonds is 5. The van der Waals surface area contributed by atoms with Crippen LogP contribution >= 0.6 is 11.3 Å². The zero-order chi connectivity index (χ0) is 20.5. The van der Waals surface area contributed by atoms with Crippen LogP contribution in [0.5, 0.6) is 0 Å². The van der Waals surface area contributed by atoms with Gasteiger partial charge in [-0.2, -0.15) is 0 Å². The number of benzene rings is 2. The summed E-state index contributed by atoms with van der Waals surface area (Å²) in [6.45, 7) is 2.54. The first-order chi connectivity index (χ1) is 14.7. The Morgan fingerprint density at radius 2 is 2.13 bits per heavy atom. The number of hydrogen-bond donors (Lipinski definition) is 1. The van der Waals surface area contributed by atoms with Crippen molar-refractivity contribution in [2.75, 3.05) is 5.32 Å². The van der Waals surface area contributed by atoms with E-state index in [1.165, 1.54) is 22.9 Å². The van der Waals surface area contributed by atoms with Gasteiger partial charge in [0.1, 0.15) is 10.0 Å². The third-order valence-corrected chi connectivity index (χ3v) is 5.82. The lowest BCUT2D eigenvalue weighted by Crippen LogP contribution is -2.12. The van der Waals surface area contributed by atoms with Gasteiger partial charge in [-0.05, 0) is 41.8 Å². The quantitative estimate of drug-likeness (QED) is 0.525. The first kappa shape index (κ1) is 18.4. The molecular weight excluding hydrogens is 398 g/mol. The van der Waals surface area contributed by atoms with Crippen LogP contribution in [0, 0.1) is 6.92 Å². The summed E-state index contributed by atoms with van der Waals surface area (Å²) in [6.07, 6.45) is 4.16. The Labute approximate surface area is 176 Å². The van der Waals surface area contributed by atoms with Gasteiger partial charge in [0.25, 0.3) is 5.91 Å². The topological polar surface area (TPSA) is 93.3 Å². The molecule has 3 heterocycles. The van der Waals surface area contributed by atoms with Gasteiger partial charge in [0.2, 0.25) is 5.76 Å². The minimum Gasteiger partial charge on any atom is -0.351 e. The number of carbonyl (C=O) groups is 1. The van der Waals surface area contributed by atoms with Gasteiger partial charge < -0.3 is 9.84 Å². The number of nitrogens with zero attached hydrogens (tertiary/aromatic N) is 4. The molecule has 0 saturated carbocycles. The van der Waals surface area contributed by atoms with Crippen LogP contribution in [-0.2, 0) is 13.0 Å². The Morgan fingerprint density at radius 3 is 3.00 bits per heavy atom. The average Bonchev–Trinajstić information content (AvgIpc) is 3.48. The molecule has 7 nitrogen and oxygen atoms in total. The fourth-order valence-electron chi connectivity index (χ4n) is 3.30. The molecule has 1 aliphatic rings. The van der Waals surface area contributed by atoms with Crippen molar-refractivity contribution in [3.63, 3.8) is 0 Å². The van der Waals surface area contributed by atoms with Gasteiger partial charge in [0, 0.05) is 29.4 Å². The normalized spacial score (nSPS) is 12.2. The molecule has 1 aliphatic heterocycles. The van der Waals surface area contributed by atoms with Crippen molar-refractivity contribution in [2.45, 2.75) is 19.9 Å². The molecule has 5 rings (SSSR count). The Morgan fingerprint density at radius 1 is 1.20 bits per heavy atom. The summed E-state index contributed by atoms with van der Waals surface area (Å²) < 4.78 is 5.01. The molecular formula is C22H17N5O2S. The molecule has 1 N–H and O–H groups in total. The van der Waals surface area contributed by atoms with Gasteiger partial charge in [-0.1, -0.05) is 40.8 Å². The van der Waals surface area contributed by atoms with Crippen LogP contribution in [0.15, 0.2) is 58.2 Å². The summed E-state index contributed by atoms with van der Waals surface area (Å²) >= 11 is 1.54. The molecule has 0 unspecified atom stereocenters. The lowest BCUT2D eigenvalue weighted by atomic mass is 10.0. The average molecular weight is 415 g/mol. The standard InChI is InChI=1S/C22H17N5O2S/c1-13-10-24-29-20(13)21(28)25-18-4-2-3-15(9-18)22-27-26-19(30-22)8-14-5-6-16-11-23-12-17(16)7-14/h2-7,9-10,12H,8,11H2,1H3,(H,25,28). The first-order valence-electron chi connectivity index (χ1n) is 9.43. The van der Waals surface area contributed by atoms with Crippen molar-refractivity contribution >= 4 is 29.1 Å². The number of amides is 1. The molecule has 0 bridgehead atoms. The fraction of sp³-hybridized carbons (Fsp3) is 0.136. The van der Waals surface area contributed by atoms with Crippen LogP contribution in [0.3, 0.4) is 0 Å². The Bertz CT molecular complexity index is 1270. The molecule has 8 heteroatoms. The summed E-state index contributed by atoms with van der Waals surface area (Å²) in [5.74, 6) is -0.127. The summed E-state index contributed by atoms with van der Waals surface area (Å²) in [7, 11) is 0. The van der Waals surface area contributed by atoms with E-state index in [-0.39, 0.29) is 11.7 Å². The Balaban J connectivity index is 1.32. The molecule has 0 aliphatic carbocycles. The zero-order valence-corrected chi connectivity index (χ0v) is 16.9. The highest BCUT2D eigenvalue weighted by Gasteiger charge is 2.15. The summed E-state index contributed by atoms with van der Waals surface area (Å²) in [5, 5.41) is 16.9. The number of carbonyl (C=O) groups excluding carboxylic acids is 1. The van der Waals surface area contributed by atoms with Crippen molar-refractivity contribution in [1.29, 1.82) is 0 Å². The Kier molecular flexibility index (Phi) is 4.68. The number of aryl methyl sites for hydroxylation is 1. The van der Waals surface area contributed by atoms with Crippen molar-refractivity contribution in [3.8, 4) is 10.6 Å². The third-order valence-electron chi connectivity index (χ3n) is 4.85. The van der Waals surface area contributed by atoms with Crippen LogP contribution in [-0.4, -0.2) is 27.5 Å². The first-order valence-corrected chi connectivity index (χ1v) is 10.2. The van der Waals surface area contributed by atoms with Gasteiger partial charge in [-0.15, -0.1) is 10.2 Å². The zero-order valence-electron chi connectivity index (χ0n) is 16.1. The molecule has 0 atom stereocenters. The van der Waals surface area contributed by atoms with E-state index in [9.17, 15) is 4.79 Å². The van der Waals surface area contributed by atoms with Crippen LogP contribution in [0.2, 0.25) is 0 Å². The molecule has 2 aromatic carbocycles. The summed E-state index contributed by atoms with van der Waals surface area (Å²) in [6, 6.07) is 13.9. The van der Waals surface area contributed by atoms with Crippen LogP contribution in [0.4, 0.5) is 5.69 Å². The maximum Gasteiger partial charge on any atom is 0.294 e. The molecule has 0 spiro atoms. The van der Waals surface area contributed by atoms with Gasteiger partial charge >= 0.3 is 0 Å². The highest BCUT2D eigenvalue weighted by molar-refractivity contribution is 7.14. The van der Waals surface area contributed by atoms with Gasteiger partial charge in [-0.3, -0.25) is 9.79 Å². The second-order valence-corrected chi connectivity index (χ2v) is 8.12. The van der Waals surface area contributed by atoms with Crippen molar-refractivity contribution in [3.05, 3.63) is 81.7 Å². The number of hydrogen-bond acceptors (Lipinski definition) is 7. The summed E-state index contributed by atoms with van der Waals surface area (Å²) in [4.78, 5) is 16.7. The lowest BCUT2D eigenvalue weighted by Gasteiger charge is -2.04. The van der Waals surface area contributed by atoms with E-state index >= 15 is 0 Å². The van der Waals surface area contributed by atoms with Crippen molar-refractivity contribution < 1.29 is 9.32 Å². The van der Waals surface area contributed by atoms with Crippen molar-refractivity contribution in [1.82, 2.24) is 15.4 Å². The fourth-order valence-corrected chi connectivity index (χ4v) is 4.17. The predicted molar refractivity (Wildman–Crippen MR) is 115 cm³/mol. The molecule has 1 amide bonds. The van der Waals surface area contributed by atoms with E-state index in [2.05, 4.69) is 43.9 Å². The van der Waals surface area contributed by atoms with E-state index in [1.54, 1.807) is 18.3 Å². The van der Waals surface area contributed by atoms with Gasteiger partial charge in [0.15, 0.2) is 0 Å². The number of nitrogens with one attached hydrogen (secondary N) is 1. The molecule has 148 valence electrons. The second-order valence-electron chi connectivity index (χ2n) is 7.05. The predicted octanol–water partition coefficient (Wildman–Crippen LogP) is 4.28. The van der Waals surface area contributed by atoms with E-state index < -0.39 is 0 Å². The minimum atomic E-state index is -0.333. The molecule has 30 heavy (non-hydrogen) atoms. The summed E-state index contributed by atoms with van der Waals surface area (Å²) in [5.41, 5.74) is 5.87. The number of anilines is 1. The molecule has 2 aromatic heterocycles. The highest BCUT2D eigenvalue weighted by Crippen LogP contribution is 2.28. The number of aliphatic imine (C=N–C) groups is 1. The number of aromatic nitrogens is 3. The SMILES string of the molecule is Cc1cnoc1C(=O)Nc1cccc(-c2nnc(Cc3ccc4c(c3)C=NC4)s2)c1. The largest absolute Gasteiger partial charge is 0.351 e. The maximum absolute atomic E-state index is 12.4. The molecule has 0 saturated heterocycles. The van der Waals surface area contributed by atoms with Crippen LogP contribution in [0.25, 0.3) is 10.6 Å². The number of fused-ring (bicyclic) bond motifs is 1. The monoisotopic (exact) mass is 415 g/mol. The highest BCUT2D eigenvalue weighted by atomic mass is 32.1. The van der Waals surface area contributed by atoms with Gasteiger partial charge in [-0.25, -0.2) is 0 Å². The molecule has 0 fully saturated rings. The molecule has 4 aromatic rings. The van der Waals surface area contributed by atoms with E-state index in [4.69, 9.17) is 4.52 Å². The smallest absolute Gasteiger partial charge is 0.294 e. The lowest BCUT2D eigenvalue weighted by molar-refractivity contribution is 0.0987. The maximum atomic E-state index is 12.4. The minimum absolute atomic E-state index is 0.206. The molecule has 0 radical (unpaired) electrons. The van der Waals surface area contributed by atoms with Gasteiger partial charge in [0.05, 0.1) is 12.7 Å². The van der Waals surface area contributed by atoms with Crippen LogP contribution < -0.4 is 5.32 Å². The van der Waals surface area contributed by atoms with E-state index in [0.29, 0.717) is 11.3 Å². The second kappa shape index (κ2) is 7.64. The third kappa shape index (κ3) is 3.65.